The molecule has 3 unspecified atom stereocenters. The first-order valence-corrected chi connectivity index (χ1v) is 11.3. The van der Waals surface area contributed by atoms with Crippen LogP contribution in [0, 0.1) is 56.7 Å². The summed E-state index contributed by atoms with van der Waals surface area (Å²) in [7, 11) is 1.57. The Morgan fingerprint density at radius 3 is 2.30 bits per heavy atom. The van der Waals surface area contributed by atoms with Gasteiger partial charge in [0.05, 0.1) is 36.6 Å². The van der Waals surface area contributed by atoms with Gasteiger partial charge in [0.2, 0.25) is 0 Å². The van der Waals surface area contributed by atoms with Crippen LogP contribution in [0.3, 0.4) is 0 Å². The fourth-order valence-electron chi connectivity index (χ4n) is 5.20. The summed E-state index contributed by atoms with van der Waals surface area (Å²) < 4.78 is 11.5. The van der Waals surface area contributed by atoms with E-state index in [2.05, 4.69) is 45.1 Å². The second-order valence-corrected chi connectivity index (χ2v) is 10.3. The molecule has 1 aromatic carbocycles. The van der Waals surface area contributed by atoms with Crippen molar-refractivity contribution in [2.75, 3.05) is 7.11 Å². The number of allylic oxidation sites excluding steroid dienone is 4. The minimum atomic E-state index is -1.65. The number of methoxy groups -OCH3 is 1. The smallest absolute Gasteiger partial charge is 0.191 e. The second-order valence-electron chi connectivity index (χ2n) is 10.3. The van der Waals surface area contributed by atoms with Crippen molar-refractivity contribution in [3.63, 3.8) is 0 Å². The maximum Gasteiger partial charge on any atom is 0.191 e. The van der Waals surface area contributed by atoms with Crippen molar-refractivity contribution in [3.05, 3.63) is 46.7 Å². The number of fused-ring (bicyclic) bond motifs is 1. The van der Waals surface area contributed by atoms with E-state index in [-0.39, 0.29) is 28.7 Å². The molecule has 0 bridgehead atoms. The zero-order chi connectivity index (χ0) is 24.6. The molecule has 3 atom stereocenters. The number of rotatable bonds is 4. The number of benzene rings is 1. The van der Waals surface area contributed by atoms with E-state index >= 15 is 0 Å². The van der Waals surface area contributed by atoms with Gasteiger partial charge in [0.15, 0.2) is 16.9 Å². The Hall–Kier alpha value is -3.43. The third-order valence-corrected chi connectivity index (χ3v) is 7.01. The van der Waals surface area contributed by atoms with Gasteiger partial charge >= 0.3 is 0 Å². The van der Waals surface area contributed by atoms with Gasteiger partial charge in [-0.2, -0.15) is 15.8 Å². The number of hydrogen-bond donors (Lipinski definition) is 1. The van der Waals surface area contributed by atoms with Gasteiger partial charge in [-0.3, -0.25) is 0 Å². The lowest BCUT2D eigenvalue weighted by Crippen LogP contribution is -2.44. The summed E-state index contributed by atoms with van der Waals surface area (Å²) in [6, 6.07) is 12.2. The van der Waals surface area contributed by atoms with Crippen LogP contribution in [0.2, 0.25) is 0 Å². The number of hydrogen-bond acceptors (Lipinski definition) is 6. The van der Waals surface area contributed by atoms with Crippen LogP contribution in [-0.2, 0) is 0 Å². The van der Waals surface area contributed by atoms with Crippen LogP contribution < -0.4 is 15.2 Å². The molecular formula is C27H32N4O2. The Bertz CT molecular complexity index is 1100. The molecule has 2 aliphatic rings. The molecule has 0 fully saturated rings. The molecule has 172 valence electrons. The molecule has 0 spiro atoms. The van der Waals surface area contributed by atoms with E-state index in [4.69, 9.17) is 15.2 Å². The van der Waals surface area contributed by atoms with Crippen LogP contribution in [-0.4, -0.2) is 13.2 Å². The van der Waals surface area contributed by atoms with Crippen LogP contribution in [0.1, 0.15) is 58.9 Å². The summed E-state index contributed by atoms with van der Waals surface area (Å²) in [4.78, 5) is 0. The Morgan fingerprint density at radius 2 is 1.79 bits per heavy atom. The van der Waals surface area contributed by atoms with Gasteiger partial charge in [0, 0.05) is 5.92 Å². The summed E-state index contributed by atoms with van der Waals surface area (Å²) in [5.41, 5.74) is 6.76. The van der Waals surface area contributed by atoms with Gasteiger partial charge in [-0.1, -0.05) is 32.9 Å². The normalized spacial score (nSPS) is 24.1. The fourth-order valence-corrected chi connectivity index (χ4v) is 5.20. The van der Waals surface area contributed by atoms with E-state index in [1.54, 1.807) is 7.11 Å². The highest BCUT2D eigenvalue weighted by Gasteiger charge is 2.55. The van der Waals surface area contributed by atoms with Gasteiger partial charge < -0.3 is 15.2 Å². The largest absolute Gasteiger partial charge is 0.493 e. The average Bonchev–Trinajstić information content (AvgIpc) is 2.77. The van der Waals surface area contributed by atoms with E-state index in [1.165, 1.54) is 0 Å². The molecule has 0 heterocycles. The monoisotopic (exact) mass is 444 g/mol. The third kappa shape index (κ3) is 4.05. The molecule has 2 aliphatic carbocycles. The van der Waals surface area contributed by atoms with Crippen molar-refractivity contribution in [1.82, 2.24) is 0 Å². The van der Waals surface area contributed by atoms with E-state index < -0.39 is 11.3 Å². The Balaban J connectivity index is 2.27. The minimum absolute atomic E-state index is 0.0334. The molecule has 0 radical (unpaired) electrons. The Morgan fingerprint density at radius 1 is 1.12 bits per heavy atom. The maximum absolute atomic E-state index is 10.3. The SMILES string of the molecule is COc1cc(C2C3CC(C(C)(C)C)CC=C3C(C#N)=C(N)C2(C#N)C#N)ccc1OC(C)C. The number of nitriles is 3. The first-order chi connectivity index (χ1) is 15.5. The highest BCUT2D eigenvalue weighted by Crippen LogP contribution is 2.58. The second kappa shape index (κ2) is 8.84. The molecule has 0 saturated heterocycles. The minimum Gasteiger partial charge on any atom is -0.493 e. The highest BCUT2D eigenvalue weighted by atomic mass is 16.5. The molecule has 2 N–H and O–H groups in total. The quantitative estimate of drug-likeness (QED) is 0.669. The topological polar surface area (TPSA) is 116 Å². The Labute approximate surface area is 196 Å². The molecular weight excluding hydrogens is 412 g/mol. The van der Waals surface area contributed by atoms with Crippen LogP contribution in [0.5, 0.6) is 11.5 Å². The van der Waals surface area contributed by atoms with Crippen LogP contribution in [0.4, 0.5) is 0 Å². The third-order valence-electron chi connectivity index (χ3n) is 7.01. The number of ether oxygens (including phenoxy) is 2. The van der Waals surface area contributed by atoms with E-state index in [1.807, 2.05) is 32.0 Å². The van der Waals surface area contributed by atoms with Crippen molar-refractivity contribution < 1.29 is 9.47 Å². The van der Waals surface area contributed by atoms with Gasteiger partial charge in [0.25, 0.3) is 0 Å². The standard InChI is InChI=1S/C27H32N4O2/c1-16(2)33-22-10-7-17(11-23(22)32-6)24-20-12-18(26(3,4)5)8-9-19(20)21(13-28)25(31)27(24,14-29)15-30/h7,9-11,16,18,20,24H,8,12,31H2,1-6H3. The van der Waals surface area contributed by atoms with Crippen molar-refractivity contribution in [3.8, 4) is 29.7 Å². The van der Waals surface area contributed by atoms with Crippen molar-refractivity contribution >= 4 is 0 Å². The molecule has 0 saturated carbocycles. The predicted molar refractivity (Wildman–Crippen MR) is 126 cm³/mol. The molecule has 0 aliphatic heterocycles. The van der Waals surface area contributed by atoms with Crippen molar-refractivity contribution in [2.24, 2.45) is 28.4 Å². The molecule has 6 nitrogen and oxygen atoms in total. The molecule has 6 heteroatoms. The molecule has 0 amide bonds. The van der Waals surface area contributed by atoms with Crippen LogP contribution >= 0.6 is 0 Å². The van der Waals surface area contributed by atoms with Gasteiger partial charge in [0.1, 0.15) is 6.07 Å². The highest BCUT2D eigenvalue weighted by molar-refractivity contribution is 5.60. The lowest BCUT2D eigenvalue weighted by Gasteiger charge is -2.47. The van der Waals surface area contributed by atoms with Gasteiger partial charge in [-0.15, -0.1) is 0 Å². The first-order valence-electron chi connectivity index (χ1n) is 11.3. The summed E-state index contributed by atoms with van der Waals surface area (Å²) in [6.45, 7) is 10.5. The molecule has 33 heavy (non-hydrogen) atoms. The summed E-state index contributed by atoms with van der Waals surface area (Å²) in [6.07, 6.45) is 3.65. The lowest BCUT2D eigenvalue weighted by molar-refractivity contribution is 0.170. The summed E-state index contributed by atoms with van der Waals surface area (Å²) in [5.74, 6) is 0.746. The molecule has 3 rings (SSSR count). The zero-order valence-electron chi connectivity index (χ0n) is 20.3. The van der Waals surface area contributed by atoms with Crippen LogP contribution in [0.15, 0.2) is 41.1 Å². The molecule has 0 aromatic heterocycles. The van der Waals surface area contributed by atoms with Crippen LogP contribution in [0.25, 0.3) is 0 Å². The van der Waals surface area contributed by atoms with E-state index in [0.29, 0.717) is 17.4 Å². The summed E-state index contributed by atoms with van der Waals surface area (Å²) >= 11 is 0. The zero-order valence-corrected chi connectivity index (χ0v) is 20.3. The van der Waals surface area contributed by atoms with Crippen molar-refractivity contribution in [1.29, 1.82) is 15.8 Å². The van der Waals surface area contributed by atoms with Gasteiger partial charge in [-0.05, 0) is 67.2 Å². The predicted octanol–water partition coefficient (Wildman–Crippen LogP) is 5.35. The van der Waals surface area contributed by atoms with Crippen molar-refractivity contribution in [2.45, 2.75) is 59.5 Å². The first kappa shape index (κ1) is 24.2. The lowest BCUT2D eigenvalue weighted by atomic mass is 9.54. The molecule has 1 aromatic rings. The number of nitrogens with zero attached hydrogens (tertiary/aromatic N) is 3. The Kier molecular flexibility index (Phi) is 6.49. The van der Waals surface area contributed by atoms with Gasteiger partial charge in [-0.25, -0.2) is 0 Å². The van der Waals surface area contributed by atoms with E-state index in [9.17, 15) is 15.8 Å². The average molecular weight is 445 g/mol. The fraction of sp³-hybridized carbons (Fsp3) is 0.519. The number of nitrogens with two attached hydrogens (primary N) is 1. The summed E-state index contributed by atoms with van der Waals surface area (Å²) in [5, 5.41) is 30.5. The maximum atomic E-state index is 10.3. The van der Waals surface area contributed by atoms with E-state index in [0.717, 1.165) is 24.0 Å².